The van der Waals surface area contributed by atoms with Crippen LogP contribution in [0.15, 0.2) is 36.7 Å². The molecule has 18 heavy (non-hydrogen) atoms. The molecule has 0 N–H and O–H groups in total. The van der Waals surface area contributed by atoms with Crippen molar-refractivity contribution in [1.29, 1.82) is 0 Å². The van der Waals surface area contributed by atoms with Crippen molar-refractivity contribution in [3.8, 4) is 0 Å². The predicted molar refractivity (Wildman–Crippen MR) is 71.7 cm³/mol. The summed E-state index contributed by atoms with van der Waals surface area (Å²) in [6, 6.07) is 7.69. The molecule has 0 aliphatic heterocycles. The lowest BCUT2D eigenvalue weighted by atomic mass is 10.0. The van der Waals surface area contributed by atoms with E-state index in [1.165, 1.54) is 0 Å². The van der Waals surface area contributed by atoms with Gasteiger partial charge >= 0.3 is 0 Å². The SMILES string of the molecule is CCCn1ccnc1CC(=O)c1ccccc1C. The number of imidazole rings is 1. The smallest absolute Gasteiger partial charge is 0.170 e. The molecular formula is C15H18N2O. The predicted octanol–water partition coefficient (Wildman–Crippen LogP) is 3.03. The molecule has 1 aromatic carbocycles. The quantitative estimate of drug-likeness (QED) is 0.755. The first-order valence-electron chi connectivity index (χ1n) is 6.31. The van der Waals surface area contributed by atoms with Gasteiger partial charge < -0.3 is 4.57 Å². The summed E-state index contributed by atoms with van der Waals surface area (Å²) in [6.45, 7) is 5.00. The van der Waals surface area contributed by atoms with Crippen LogP contribution in [0, 0.1) is 6.92 Å². The van der Waals surface area contributed by atoms with Crippen LogP contribution in [0.5, 0.6) is 0 Å². The second-order valence-electron chi connectivity index (χ2n) is 4.45. The normalized spacial score (nSPS) is 10.6. The van der Waals surface area contributed by atoms with E-state index in [-0.39, 0.29) is 5.78 Å². The topological polar surface area (TPSA) is 34.9 Å². The zero-order valence-electron chi connectivity index (χ0n) is 10.9. The fourth-order valence-electron chi connectivity index (χ4n) is 2.08. The van der Waals surface area contributed by atoms with Crippen molar-refractivity contribution in [3.05, 3.63) is 53.6 Å². The Morgan fingerprint density at radius 1 is 1.33 bits per heavy atom. The van der Waals surface area contributed by atoms with Gasteiger partial charge in [-0.25, -0.2) is 4.98 Å². The van der Waals surface area contributed by atoms with E-state index >= 15 is 0 Å². The third-order valence-corrected chi connectivity index (χ3v) is 3.03. The van der Waals surface area contributed by atoms with E-state index in [0.29, 0.717) is 6.42 Å². The molecule has 1 heterocycles. The third kappa shape index (κ3) is 2.67. The van der Waals surface area contributed by atoms with Crippen LogP contribution in [0.3, 0.4) is 0 Å². The molecular weight excluding hydrogens is 224 g/mol. The highest BCUT2D eigenvalue weighted by molar-refractivity contribution is 5.98. The van der Waals surface area contributed by atoms with Crippen LogP contribution in [0.25, 0.3) is 0 Å². The first-order valence-corrected chi connectivity index (χ1v) is 6.31. The van der Waals surface area contributed by atoms with E-state index in [1.807, 2.05) is 37.4 Å². The number of carbonyl (C=O) groups excluding carboxylic acids is 1. The van der Waals surface area contributed by atoms with E-state index < -0.39 is 0 Å². The number of rotatable bonds is 5. The molecule has 0 radical (unpaired) electrons. The molecule has 94 valence electrons. The molecule has 0 saturated heterocycles. The Morgan fingerprint density at radius 3 is 2.83 bits per heavy atom. The molecule has 3 heteroatoms. The van der Waals surface area contributed by atoms with Crippen LogP contribution < -0.4 is 0 Å². The first-order chi connectivity index (χ1) is 8.72. The molecule has 2 aromatic rings. The van der Waals surface area contributed by atoms with E-state index in [4.69, 9.17) is 0 Å². The number of hydrogen-bond acceptors (Lipinski definition) is 2. The van der Waals surface area contributed by atoms with E-state index in [0.717, 1.165) is 29.9 Å². The number of hydrogen-bond donors (Lipinski definition) is 0. The van der Waals surface area contributed by atoms with Gasteiger partial charge in [-0.1, -0.05) is 31.2 Å². The van der Waals surface area contributed by atoms with Crippen molar-refractivity contribution in [2.24, 2.45) is 0 Å². The summed E-state index contributed by atoms with van der Waals surface area (Å²) in [5, 5.41) is 0. The highest BCUT2D eigenvalue weighted by Gasteiger charge is 2.12. The Morgan fingerprint density at radius 2 is 2.11 bits per heavy atom. The Bertz CT molecular complexity index is 543. The Labute approximate surface area is 107 Å². The Kier molecular flexibility index (Phi) is 3.92. The molecule has 0 aliphatic carbocycles. The van der Waals surface area contributed by atoms with Crippen LogP contribution in [0.2, 0.25) is 0 Å². The lowest BCUT2D eigenvalue weighted by Crippen LogP contribution is -2.11. The monoisotopic (exact) mass is 242 g/mol. The van der Waals surface area contributed by atoms with Crippen LogP contribution in [0.4, 0.5) is 0 Å². The molecule has 0 unspecified atom stereocenters. The average molecular weight is 242 g/mol. The van der Waals surface area contributed by atoms with Gasteiger partial charge in [0.2, 0.25) is 0 Å². The highest BCUT2D eigenvalue weighted by Crippen LogP contribution is 2.11. The Balaban J connectivity index is 2.17. The zero-order chi connectivity index (χ0) is 13.0. The Hall–Kier alpha value is -1.90. The second kappa shape index (κ2) is 5.63. The van der Waals surface area contributed by atoms with E-state index in [1.54, 1.807) is 6.20 Å². The van der Waals surface area contributed by atoms with Gasteiger partial charge in [-0.2, -0.15) is 0 Å². The number of aryl methyl sites for hydroxylation is 2. The fraction of sp³-hybridized carbons (Fsp3) is 0.333. The molecule has 2 rings (SSSR count). The van der Waals surface area contributed by atoms with Crippen LogP contribution in [-0.2, 0) is 13.0 Å². The average Bonchev–Trinajstić information content (AvgIpc) is 2.78. The highest BCUT2D eigenvalue weighted by atomic mass is 16.1. The molecule has 1 aromatic heterocycles. The van der Waals surface area contributed by atoms with Gasteiger partial charge in [-0.15, -0.1) is 0 Å². The number of ketones is 1. The van der Waals surface area contributed by atoms with Crippen molar-refractivity contribution in [1.82, 2.24) is 9.55 Å². The molecule has 0 amide bonds. The van der Waals surface area contributed by atoms with Crippen molar-refractivity contribution in [2.75, 3.05) is 0 Å². The maximum atomic E-state index is 12.2. The van der Waals surface area contributed by atoms with Gasteiger partial charge in [0.05, 0.1) is 6.42 Å². The van der Waals surface area contributed by atoms with Crippen molar-refractivity contribution < 1.29 is 4.79 Å². The standard InChI is InChI=1S/C15H18N2O/c1-3-9-17-10-8-16-15(17)11-14(18)13-7-5-4-6-12(13)2/h4-8,10H,3,9,11H2,1-2H3. The molecule has 3 nitrogen and oxygen atoms in total. The summed E-state index contributed by atoms with van der Waals surface area (Å²) in [6.07, 6.45) is 5.11. The molecule has 0 fully saturated rings. The molecule has 0 spiro atoms. The zero-order valence-corrected chi connectivity index (χ0v) is 10.9. The number of aromatic nitrogens is 2. The minimum Gasteiger partial charge on any atom is -0.335 e. The number of Topliss-reactive ketones (excluding diaryl/α,β-unsaturated/α-hetero) is 1. The number of carbonyl (C=O) groups is 1. The van der Waals surface area contributed by atoms with E-state index in [2.05, 4.69) is 16.5 Å². The minimum absolute atomic E-state index is 0.136. The van der Waals surface area contributed by atoms with Gasteiger partial charge in [0.25, 0.3) is 0 Å². The third-order valence-electron chi connectivity index (χ3n) is 3.03. The van der Waals surface area contributed by atoms with Crippen molar-refractivity contribution >= 4 is 5.78 Å². The largest absolute Gasteiger partial charge is 0.335 e. The summed E-state index contributed by atoms with van der Waals surface area (Å²) in [7, 11) is 0. The van der Waals surface area contributed by atoms with Crippen molar-refractivity contribution in [3.63, 3.8) is 0 Å². The number of nitrogens with zero attached hydrogens (tertiary/aromatic N) is 2. The molecule has 0 aliphatic rings. The van der Waals surface area contributed by atoms with Crippen molar-refractivity contribution in [2.45, 2.75) is 33.2 Å². The van der Waals surface area contributed by atoms with Gasteiger partial charge in [0, 0.05) is 24.5 Å². The van der Waals surface area contributed by atoms with E-state index in [9.17, 15) is 4.79 Å². The lowest BCUT2D eigenvalue weighted by molar-refractivity contribution is 0.0989. The summed E-state index contributed by atoms with van der Waals surface area (Å²) >= 11 is 0. The number of benzene rings is 1. The summed E-state index contributed by atoms with van der Waals surface area (Å²) in [4.78, 5) is 16.5. The van der Waals surface area contributed by atoms with Crippen LogP contribution in [0.1, 0.15) is 35.1 Å². The summed E-state index contributed by atoms with van der Waals surface area (Å²) < 4.78 is 2.05. The molecule has 0 saturated carbocycles. The molecule has 0 bridgehead atoms. The second-order valence-corrected chi connectivity index (χ2v) is 4.45. The summed E-state index contributed by atoms with van der Waals surface area (Å²) in [5.41, 5.74) is 1.82. The van der Waals surface area contributed by atoms with Gasteiger partial charge in [-0.3, -0.25) is 4.79 Å². The summed E-state index contributed by atoms with van der Waals surface area (Å²) in [5.74, 6) is 0.988. The lowest BCUT2D eigenvalue weighted by Gasteiger charge is -2.07. The van der Waals surface area contributed by atoms with Gasteiger partial charge in [-0.05, 0) is 18.9 Å². The van der Waals surface area contributed by atoms with Gasteiger partial charge in [0.15, 0.2) is 5.78 Å². The maximum absolute atomic E-state index is 12.2. The maximum Gasteiger partial charge on any atom is 0.170 e. The molecule has 0 atom stereocenters. The fourth-order valence-corrected chi connectivity index (χ4v) is 2.08. The van der Waals surface area contributed by atoms with Crippen LogP contribution >= 0.6 is 0 Å². The first kappa shape index (κ1) is 12.6. The van der Waals surface area contributed by atoms with Gasteiger partial charge in [0.1, 0.15) is 5.82 Å². The minimum atomic E-state index is 0.136. The van der Waals surface area contributed by atoms with Crippen LogP contribution in [-0.4, -0.2) is 15.3 Å².